The number of hydrogen-bond donors (Lipinski definition) is 3. The number of halogens is 3. The molecule has 1 atom stereocenters. The van der Waals surface area contributed by atoms with Crippen molar-refractivity contribution in [1.82, 2.24) is 5.32 Å². The van der Waals surface area contributed by atoms with Crippen molar-refractivity contribution in [2.24, 2.45) is 16.8 Å². The first-order chi connectivity index (χ1) is 9.75. The van der Waals surface area contributed by atoms with Crippen molar-refractivity contribution in [3.05, 3.63) is 35.4 Å². The highest BCUT2D eigenvalue weighted by Crippen LogP contribution is 2.26. The maximum Gasteiger partial charge on any atom is 0.400 e. The minimum absolute atomic E-state index is 0.281. The molecule has 1 aromatic rings. The summed E-state index contributed by atoms with van der Waals surface area (Å²) in [5.74, 6) is -2.44. The summed E-state index contributed by atoms with van der Waals surface area (Å²) in [5.41, 5.74) is 7.12. The number of nitrogens with one attached hydrogen (secondary N) is 1. The van der Waals surface area contributed by atoms with E-state index < -0.39 is 24.5 Å². The Bertz CT molecular complexity index is 469. The molecule has 1 unspecified atom stereocenters. The fraction of sp³-hybridized carbons (Fsp3) is 0.500. The predicted octanol–water partition coefficient (Wildman–Crippen LogP) is 2.82. The number of amidine groups is 1. The number of benzene rings is 1. The molecule has 7 heteroatoms. The smallest absolute Gasteiger partial charge is 0.400 e. The summed E-state index contributed by atoms with van der Waals surface area (Å²) in [6, 6.07) is 7.64. The fourth-order valence-corrected chi connectivity index (χ4v) is 1.84. The topological polar surface area (TPSA) is 70.6 Å². The number of oxime groups is 1. The van der Waals surface area contributed by atoms with Crippen LogP contribution in [0.2, 0.25) is 0 Å². The lowest BCUT2D eigenvalue weighted by molar-refractivity contribution is -0.154. The Morgan fingerprint density at radius 2 is 1.86 bits per heavy atom. The van der Waals surface area contributed by atoms with Gasteiger partial charge in [0.25, 0.3) is 0 Å². The van der Waals surface area contributed by atoms with E-state index in [1.807, 2.05) is 24.3 Å². The van der Waals surface area contributed by atoms with E-state index in [2.05, 4.69) is 24.3 Å². The van der Waals surface area contributed by atoms with Gasteiger partial charge in [0.2, 0.25) is 0 Å². The van der Waals surface area contributed by atoms with Gasteiger partial charge in [-0.3, -0.25) is 0 Å². The lowest BCUT2D eigenvalue weighted by Crippen LogP contribution is -2.42. The van der Waals surface area contributed by atoms with Crippen LogP contribution in [-0.4, -0.2) is 23.8 Å². The third kappa shape index (κ3) is 5.26. The minimum Gasteiger partial charge on any atom is -0.409 e. The molecule has 0 aliphatic heterocycles. The molecule has 4 nitrogen and oxygen atoms in total. The Hall–Kier alpha value is -1.76. The third-order valence-electron chi connectivity index (χ3n) is 3.19. The van der Waals surface area contributed by atoms with Crippen LogP contribution >= 0.6 is 0 Å². The molecule has 0 heterocycles. The van der Waals surface area contributed by atoms with Gasteiger partial charge >= 0.3 is 6.18 Å². The van der Waals surface area contributed by atoms with Crippen LogP contribution in [0.25, 0.3) is 0 Å². The second kappa shape index (κ2) is 7.31. The average molecular weight is 303 g/mol. The number of rotatable bonds is 6. The van der Waals surface area contributed by atoms with Gasteiger partial charge in [-0.05, 0) is 17.0 Å². The van der Waals surface area contributed by atoms with Gasteiger partial charge in [-0.15, -0.1) is 0 Å². The standard InChI is InChI=1S/C14H20F3N3O/c1-9(2)11-5-3-10(4-6-11)7-19-8-12(13(18)20-21)14(15,16)17/h3-6,9,12,19,21H,7-8H2,1-2H3,(H2,18,20). The highest BCUT2D eigenvalue weighted by molar-refractivity contribution is 5.83. The van der Waals surface area contributed by atoms with Gasteiger partial charge in [0, 0.05) is 13.1 Å². The number of hydrogen-bond acceptors (Lipinski definition) is 3. The van der Waals surface area contributed by atoms with Crippen molar-refractivity contribution < 1.29 is 18.4 Å². The summed E-state index contributed by atoms with van der Waals surface area (Å²) in [5, 5.41) is 13.5. The Labute approximate surface area is 121 Å². The van der Waals surface area contributed by atoms with Crippen LogP contribution in [0.4, 0.5) is 13.2 Å². The maximum atomic E-state index is 12.7. The van der Waals surface area contributed by atoms with Crippen LogP contribution in [-0.2, 0) is 6.54 Å². The van der Waals surface area contributed by atoms with E-state index >= 15 is 0 Å². The van der Waals surface area contributed by atoms with Crippen molar-refractivity contribution in [3.63, 3.8) is 0 Å². The molecule has 21 heavy (non-hydrogen) atoms. The van der Waals surface area contributed by atoms with Crippen LogP contribution in [0, 0.1) is 5.92 Å². The SMILES string of the molecule is CC(C)c1ccc(CNCC(/C(N)=N/O)C(F)(F)F)cc1. The molecule has 0 aliphatic rings. The molecule has 0 bridgehead atoms. The summed E-state index contributed by atoms with van der Waals surface area (Å²) in [4.78, 5) is 0. The summed E-state index contributed by atoms with van der Waals surface area (Å²) >= 11 is 0. The molecule has 0 aromatic heterocycles. The van der Waals surface area contributed by atoms with Crippen molar-refractivity contribution >= 4 is 5.84 Å². The zero-order valence-electron chi connectivity index (χ0n) is 12.0. The highest BCUT2D eigenvalue weighted by atomic mass is 19.4. The summed E-state index contributed by atoms with van der Waals surface area (Å²) in [6.07, 6.45) is -4.55. The molecular weight excluding hydrogens is 283 g/mol. The van der Waals surface area contributed by atoms with Gasteiger partial charge in [-0.1, -0.05) is 43.3 Å². The monoisotopic (exact) mass is 303 g/mol. The highest BCUT2D eigenvalue weighted by Gasteiger charge is 2.42. The predicted molar refractivity (Wildman–Crippen MR) is 75.2 cm³/mol. The second-order valence-corrected chi connectivity index (χ2v) is 5.15. The lowest BCUT2D eigenvalue weighted by atomic mass is 10.0. The van der Waals surface area contributed by atoms with Gasteiger partial charge in [0.1, 0.15) is 5.92 Å². The molecule has 1 aromatic carbocycles. The van der Waals surface area contributed by atoms with Crippen molar-refractivity contribution in [3.8, 4) is 0 Å². The molecule has 118 valence electrons. The minimum atomic E-state index is -4.55. The molecule has 1 rings (SSSR count). The van der Waals surface area contributed by atoms with Gasteiger partial charge in [0.05, 0.1) is 0 Å². The van der Waals surface area contributed by atoms with E-state index in [0.717, 1.165) is 5.56 Å². The Balaban J connectivity index is 2.58. The van der Waals surface area contributed by atoms with E-state index in [4.69, 9.17) is 10.9 Å². The van der Waals surface area contributed by atoms with Gasteiger partial charge in [0.15, 0.2) is 5.84 Å². The van der Waals surface area contributed by atoms with Gasteiger partial charge < -0.3 is 16.3 Å². The molecule has 0 radical (unpaired) electrons. The third-order valence-corrected chi connectivity index (χ3v) is 3.19. The van der Waals surface area contributed by atoms with Crippen LogP contribution in [0.5, 0.6) is 0 Å². The quantitative estimate of drug-likeness (QED) is 0.327. The van der Waals surface area contributed by atoms with E-state index in [-0.39, 0.29) is 6.54 Å². The van der Waals surface area contributed by atoms with E-state index in [1.165, 1.54) is 5.56 Å². The van der Waals surface area contributed by atoms with Crippen LogP contribution in [0.3, 0.4) is 0 Å². The first-order valence-corrected chi connectivity index (χ1v) is 6.59. The summed E-state index contributed by atoms with van der Waals surface area (Å²) < 4.78 is 38.1. The number of nitrogens with two attached hydrogens (primary N) is 1. The first-order valence-electron chi connectivity index (χ1n) is 6.59. The molecule has 0 saturated heterocycles. The molecule has 0 spiro atoms. The van der Waals surface area contributed by atoms with Crippen molar-refractivity contribution in [1.29, 1.82) is 0 Å². The second-order valence-electron chi connectivity index (χ2n) is 5.15. The number of alkyl halides is 3. The summed E-state index contributed by atoms with van der Waals surface area (Å²) in [7, 11) is 0. The zero-order valence-corrected chi connectivity index (χ0v) is 12.0. The summed E-state index contributed by atoms with van der Waals surface area (Å²) in [6.45, 7) is 3.98. The average Bonchev–Trinajstić information content (AvgIpc) is 2.42. The molecular formula is C14H20F3N3O. The molecule has 0 amide bonds. The molecule has 0 fully saturated rings. The normalized spacial score (nSPS) is 14.5. The maximum absolute atomic E-state index is 12.7. The molecule has 0 aliphatic carbocycles. The van der Waals surface area contributed by atoms with Gasteiger partial charge in [-0.2, -0.15) is 13.2 Å². The van der Waals surface area contributed by atoms with E-state index in [9.17, 15) is 13.2 Å². The fourth-order valence-electron chi connectivity index (χ4n) is 1.84. The van der Waals surface area contributed by atoms with Crippen molar-refractivity contribution in [2.75, 3.05) is 6.54 Å². The zero-order chi connectivity index (χ0) is 16.0. The number of nitrogens with zero attached hydrogens (tertiary/aromatic N) is 1. The van der Waals surface area contributed by atoms with Crippen LogP contribution < -0.4 is 11.1 Å². The lowest BCUT2D eigenvalue weighted by Gasteiger charge is -2.19. The largest absolute Gasteiger partial charge is 0.409 e. The Morgan fingerprint density at radius 3 is 2.29 bits per heavy atom. The Morgan fingerprint density at radius 1 is 1.29 bits per heavy atom. The van der Waals surface area contributed by atoms with E-state index in [0.29, 0.717) is 5.92 Å². The molecule has 0 saturated carbocycles. The first kappa shape index (κ1) is 17.3. The van der Waals surface area contributed by atoms with Crippen LogP contribution in [0.15, 0.2) is 29.4 Å². The Kier molecular flexibility index (Phi) is 6.02. The van der Waals surface area contributed by atoms with Crippen LogP contribution in [0.1, 0.15) is 30.9 Å². The molecule has 4 N–H and O–H groups in total. The van der Waals surface area contributed by atoms with Gasteiger partial charge in [-0.25, -0.2) is 0 Å². The van der Waals surface area contributed by atoms with E-state index in [1.54, 1.807) is 0 Å². The van der Waals surface area contributed by atoms with Crippen molar-refractivity contribution in [2.45, 2.75) is 32.5 Å².